The lowest BCUT2D eigenvalue weighted by atomic mass is 10.1. The summed E-state index contributed by atoms with van der Waals surface area (Å²) in [5.41, 5.74) is 0.818. The zero-order chi connectivity index (χ0) is 14.7. The predicted octanol–water partition coefficient (Wildman–Crippen LogP) is 4.05. The first-order chi connectivity index (χ1) is 10.2. The number of amides is 1. The van der Waals surface area contributed by atoms with E-state index in [1.165, 1.54) is 6.26 Å². The van der Waals surface area contributed by atoms with Crippen LogP contribution in [-0.2, 0) is 0 Å². The molecule has 3 rings (SSSR count). The molecule has 0 saturated heterocycles. The molecule has 4 nitrogen and oxygen atoms in total. The molecule has 21 heavy (non-hydrogen) atoms. The van der Waals surface area contributed by atoms with Crippen molar-refractivity contribution in [1.29, 1.82) is 0 Å². The summed E-state index contributed by atoms with van der Waals surface area (Å²) in [6, 6.07) is 17.1. The van der Waals surface area contributed by atoms with Crippen molar-refractivity contribution in [2.24, 2.45) is 0 Å². The number of hydrogen-bond acceptors (Lipinski definition) is 3. The molecular weight excluding hydrogens is 284 g/mol. The Labute approximate surface area is 129 Å². The van der Waals surface area contributed by atoms with Crippen molar-refractivity contribution >= 4 is 39.7 Å². The summed E-state index contributed by atoms with van der Waals surface area (Å²) in [6.45, 7) is 0. The van der Waals surface area contributed by atoms with Crippen LogP contribution in [0.2, 0.25) is 0 Å². The fraction of sp³-hybridized carbons (Fsp3) is 0. The Hall–Kier alpha value is -2.66. The van der Waals surface area contributed by atoms with E-state index in [-0.39, 0.29) is 19.6 Å². The van der Waals surface area contributed by atoms with Gasteiger partial charge in [-0.15, -0.1) is 0 Å². The molecular formula is C16H16N2O2S. The number of anilines is 1. The van der Waals surface area contributed by atoms with Gasteiger partial charge in [0.25, 0.3) is 5.91 Å². The van der Waals surface area contributed by atoms with Gasteiger partial charge in [0.05, 0.1) is 6.26 Å². The quantitative estimate of drug-likeness (QED) is 0.701. The minimum absolute atomic E-state index is 0. The minimum atomic E-state index is -0.377. The molecule has 0 atom stereocenters. The molecule has 2 aromatic carbocycles. The van der Waals surface area contributed by atoms with Crippen LogP contribution in [0, 0.1) is 0 Å². The van der Waals surface area contributed by atoms with Gasteiger partial charge in [0.1, 0.15) is 0 Å². The first kappa shape index (κ1) is 13.3. The molecule has 2 N–H and O–H groups in total. The Kier molecular flexibility index (Phi) is 3.66. The number of hydrogen-bond donors (Lipinski definition) is 2. The number of thiocarbonyl (C=S) groups is 1. The molecule has 1 heterocycles. The normalized spacial score (nSPS) is 10.3. The fourth-order valence-corrected chi connectivity index (χ4v) is 2.21. The topological polar surface area (TPSA) is 54.3 Å². The van der Waals surface area contributed by atoms with Crippen LogP contribution in [0.3, 0.4) is 0 Å². The van der Waals surface area contributed by atoms with Crippen LogP contribution in [0.5, 0.6) is 0 Å². The van der Waals surface area contributed by atoms with Crippen molar-refractivity contribution in [1.82, 2.24) is 5.32 Å². The molecule has 0 bridgehead atoms. The predicted molar refractivity (Wildman–Crippen MR) is 90.6 cm³/mol. The standard InChI is InChI=1S/C16H12N2O2S.2H2/c19-15(14-6-3-9-20-14)18-16(21)17-13-8-7-11-4-1-2-5-12(11)10-13;;/h1-10H,(H2,17,18,19,21);2*1H. The van der Waals surface area contributed by atoms with Crippen LogP contribution in [0.25, 0.3) is 10.8 Å². The molecule has 0 spiro atoms. The molecule has 1 amide bonds. The van der Waals surface area contributed by atoms with Gasteiger partial charge in [-0.3, -0.25) is 10.1 Å². The highest BCUT2D eigenvalue weighted by Crippen LogP contribution is 2.18. The third-order valence-corrected chi connectivity index (χ3v) is 3.18. The van der Waals surface area contributed by atoms with Gasteiger partial charge >= 0.3 is 0 Å². The maximum atomic E-state index is 11.8. The first-order valence-electron chi connectivity index (χ1n) is 6.37. The second-order valence-corrected chi connectivity index (χ2v) is 4.86. The molecule has 0 saturated carbocycles. The summed E-state index contributed by atoms with van der Waals surface area (Å²) in [4.78, 5) is 11.8. The molecule has 0 aliphatic heterocycles. The van der Waals surface area contributed by atoms with Crippen LogP contribution < -0.4 is 10.6 Å². The van der Waals surface area contributed by atoms with E-state index in [4.69, 9.17) is 16.6 Å². The van der Waals surface area contributed by atoms with E-state index in [1.54, 1.807) is 12.1 Å². The maximum Gasteiger partial charge on any atom is 0.293 e. The summed E-state index contributed by atoms with van der Waals surface area (Å²) >= 11 is 5.12. The van der Waals surface area contributed by atoms with E-state index < -0.39 is 0 Å². The van der Waals surface area contributed by atoms with E-state index in [0.717, 1.165) is 16.5 Å². The average Bonchev–Trinajstić information content (AvgIpc) is 3.01. The molecule has 0 aliphatic rings. The molecule has 0 aliphatic carbocycles. The molecule has 0 fully saturated rings. The second kappa shape index (κ2) is 5.76. The fourth-order valence-electron chi connectivity index (χ4n) is 2.00. The Balaban J connectivity index is 0.00000132. The molecule has 3 aromatic rings. The van der Waals surface area contributed by atoms with E-state index in [2.05, 4.69) is 10.6 Å². The molecule has 108 valence electrons. The average molecular weight is 300 g/mol. The van der Waals surface area contributed by atoms with Crippen molar-refractivity contribution in [2.45, 2.75) is 0 Å². The third-order valence-electron chi connectivity index (χ3n) is 2.98. The van der Waals surface area contributed by atoms with Crippen LogP contribution in [0.1, 0.15) is 13.4 Å². The lowest BCUT2D eigenvalue weighted by molar-refractivity contribution is 0.0950. The number of fused-ring (bicyclic) bond motifs is 1. The smallest absolute Gasteiger partial charge is 0.293 e. The molecule has 0 unspecified atom stereocenters. The molecule has 1 aromatic heterocycles. The van der Waals surface area contributed by atoms with Gasteiger partial charge in [0, 0.05) is 8.54 Å². The van der Waals surface area contributed by atoms with Gasteiger partial charge in [-0.2, -0.15) is 0 Å². The summed E-state index contributed by atoms with van der Waals surface area (Å²) < 4.78 is 5.00. The van der Waals surface area contributed by atoms with Gasteiger partial charge in [-0.1, -0.05) is 30.3 Å². The highest BCUT2D eigenvalue weighted by molar-refractivity contribution is 7.80. The number of rotatable bonds is 2. The van der Waals surface area contributed by atoms with Crippen LogP contribution in [0.15, 0.2) is 65.3 Å². The molecule has 5 heteroatoms. The molecule has 0 radical (unpaired) electrons. The van der Waals surface area contributed by atoms with E-state index in [1.807, 2.05) is 42.5 Å². The number of benzene rings is 2. The van der Waals surface area contributed by atoms with Crippen molar-refractivity contribution in [3.05, 3.63) is 66.6 Å². The lowest BCUT2D eigenvalue weighted by Gasteiger charge is -2.09. The monoisotopic (exact) mass is 300 g/mol. The highest BCUT2D eigenvalue weighted by Gasteiger charge is 2.10. The number of nitrogens with one attached hydrogen (secondary N) is 2. The Bertz CT molecular complexity index is 807. The van der Waals surface area contributed by atoms with Gasteiger partial charge in [-0.25, -0.2) is 0 Å². The summed E-state index contributed by atoms with van der Waals surface area (Å²) in [6.07, 6.45) is 1.44. The maximum absolute atomic E-state index is 11.8. The van der Waals surface area contributed by atoms with Gasteiger partial charge < -0.3 is 9.73 Å². The van der Waals surface area contributed by atoms with Crippen LogP contribution in [-0.4, -0.2) is 11.0 Å². The Morgan fingerprint density at radius 2 is 1.86 bits per heavy atom. The van der Waals surface area contributed by atoms with Crippen molar-refractivity contribution < 1.29 is 12.1 Å². The van der Waals surface area contributed by atoms with E-state index in [0.29, 0.717) is 0 Å². The van der Waals surface area contributed by atoms with Crippen LogP contribution >= 0.6 is 12.2 Å². The number of carbonyl (C=O) groups is 1. The SMILES string of the molecule is O=C(NC(=S)Nc1ccc2ccccc2c1)c1ccco1.[HH].[HH]. The van der Waals surface area contributed by atoms with Crippen molar-refractivity contribution in [3.8, 4) is 0 Å². The summed E-state index contributed by atoms with van der Waals surface area (Å²) in [5, 5.41) is 8.03. The first-order valence-corrected chi connectivity index (χ1v) is 6.78. The second-order valence-electron chi connectivity index (χ2n) is 4.45. The highest BCUT2D eigenvalue weighted by atomic mass is 32.1. The zero-order valence-corrected chi connectivity index (χ0v) is 11.8. The Morgan fingerprint density at radius 3 is 2.62 bits per heavy atom. The number of furan rings is 1. The zero-order valence-electron chi connectivity index (χ0n) is 11.0. The van der Waals surface area contributed by atoms with Gasteiger partial charge in [-0.05, 0) is 47.3 Å². The Morgan fingerprint density at radius 1 is 1.05 bits per heavy atom. The summed E-state index contributed by atoms with van der Waals surface area (Å²) in [5.74, 6) is -0.157. The van der Waals surface area contributed by atoms with Crippen molar-refractivity contribution in [3.63, 3.8) is 0 Å². The van der Waals surface area contributed by atoms with Crippen molar-refractivity contribution in [2.75, 3.05) is 5.32 Å². The summed E-state index contributed by atoms with van der Waals surface area (Å²) in [7, 11) is 0. The van der Waals surface area contributed by atoms with Crippen LogP contribution in [0.4, 0.5) is 5.69 Å². The lowest BCUT2D eigenvalue weighted by Crippen LogP contribution is -2.33. The van der Waals surface area contributed by atoms with Gasteiger partial charge in [0.15, 0.2) is 10.9 Å². The minimum Gasteiger partial charge on any atom is -0.459 e. The van der Waals surface area contributed by atoms with E-state index in [9.17, 15) is 4.79 Å². The number of carbonyl (C=O) groups excluding carboxylic acids is 1. The van der Waals surface area contributed by atoms with E-state index >= 15 is 0 Å². The van der Waals surface area contributed by atoms with Gasteiger partial charge in [0.2, 0.25) is 0 Å². The third kappa shape index (κ3) is 3.09. The largest absolute Gasteiger partial charge is 0.459 e.